The number of imidazole rings is 1. The molecule has 1 atom stereocenters. The molecule has 1 aliphatic rings. The van der Waals surface area contributed by atoms with Crippen molar-refractivity contribution < 1.29 is 9.53 Å². The molecule has 5 heteroatoms. The molecule has 26 heavy (non-hydrogen) atoms. The van der Waals surface area contributed by atoms with Gasteiger partial charge in [0, 0.05) is 17.5 Å². The van der Waals surface area contributed by atoms with Gasteiger partial charge >= 0.3 is 5.97 Å². The van der Waals surface area contributed by atoms with E-state index in [0.29, 0.717) is 6.61 Å². The molecule has 3 aromatic rings. The lowest BCUT2D eigenvalue weighted by Gasteiger charge is -2.04. The molecule has 0 unspecified atom stereocenters. The predicted molar refractivity (Wildman–Crippen MR) is 104 cm³/mol. The van der Waals surface area contributed by atoms with Crippen LogP contribution in [0.4, 0.5) is 0 Å². The van der Waals surface area contributed by atoms with Crippen LogP contribution in [0.1, 0.15) is 17.5 Å². The Labute approximate surface area is 157 Å². The minimum absolute atomic E-state index is 0.153. The van der Waals surface area contributed by atoms with Crippen molar-refractivity contribution in [1.82, 2.24) is 9.97 Å². The van der Waals surface area contributed by atoms with E-state index in [2.05, 4.69) is 67.4 Å². The highest BCUT2D eigenvalue weighted by atomic mass is 32.2. The van der Waals surface area contributed by atoms with Crippen LogP contribution in [0.3, 0.4) is 0 Å². The Balaban J connectivity index is 1.75. The van der Waals surface area contributed by atoms with E-state index in [0.717, 1.165) is 34.1 Å². The number of benzene rings is 2. The van der Waals surface area contributed by atoms with E-state index < -0.39 is 0 Å². The number of nitrogens with one attached hydrogen (secondary N) is 1. The van der Waals surface area contributed by atoms with Gasteiger partial charge in [-0.1, -0.05) is 71.4 Å². The van der Waals surface area contributed by atoms with Crippen LogP contribution in [0.25, 0.3) is 22.5 Å². The first-order valence-corrected chi connectivity index (χ1v) is 9.55. The summed E-state index contributed by atoms with van der Waals surface area (Å²) in [5.41, 5.74) is 6.45. The average Bonchev–Trinajstić information content (AvgIpc) is 3.23. The maximum atomic E-state index is 11.8. The smallest absolute Gasteiger partial charge is 0.319 e. The molecule has 0 amide bonds. The van der Waals surface area contributed by atoms with Crippen LogP contribution >= 0.6 is 11.8 Å². The van der Waals surface area contributed by atoms with Crippen molar-refractivity contribution >= 4 is 17.7 Å². The molecule has 1 fully saturated rings. The van der Waals surface area contributed by atoms with Gasteiger partial charge in [-0.05, 0) is 13.8 Å². The van der Waals surface area contributed by atoms with E-state index in [1.54, 1.807) is 0 Å². The van der Waals surface area contributed by atoms with E-state index in [9.17, 15) is 4.79 Å². The first kappa shape index (κ1) is 16.9. The monoisotopic (exact) mass is 364 g/mol. The highest BCUT2D eigenvalue weighted by molar-refractivity contribution is 8.00. The van der Waals surface area contributed by atoms with Gasteiger partial charge in [0.05, 0.1) is 18.0 Å². The third-order valence-corrected chi connectivity index (χ3v) is 5.62. The first-order chi connectivity index (χ1) is 12.6. The lowest BCUT2D eigenvalue weighted by molar-refractivity contribution is -0.137. The second-order valence-electron chi connectivity index (χ2n) is 6.56. The number of H-pyrrole nitrogens is 1. The molecule has 0 aliphatic carbocycles. The second kappa shape index (κ2) is 7.00. The largest absolute Gasteiger partial charge is 0.465 e. The summed E-state index contributed by atoms with van der Waals surface area (Å²) in [5.74, 6) is -0.153. The number of thioether (sulfide) groups is 1. The minimum Gasteiger partial charge on any atom is -0.465 e. The number of aromatic amines is 1. The fourth-order valence-electron chi connectivity index (χ4n) is 2.98. The molecule has 0 bridgehead atoms. The number of esters is 1. The molecule has 4 nitrogen and oxygen atoms in total. The lowest BCUT2D eigenvalue weighted by atomic mass is 10.0. The topological polar surface area (TPSA) is 55.0 Å². The standard InChI is InChI=1S/C21H20N2O2S/c1-13-3-7-15(8-4-13)18-19(16-9-5-14(2)6-10-16)23-21(22-18)26-17-11-12-25-20(17)24/h3-10,17H,11-12H2,1-2H3,(H,22,23)/t17-/m0/s1. The number of ether oxygens (including phenoxy) is 1. The maximum absolute atomic E-state index is 11.8. The molecule has 2 aromatic carbocycles. The first-order valence-electron chi connectivity index (χ1n) is 8.67. The van der Waals surface area contributed by atoms with Crippen molar-refractivity contribution in [2.75, 3.05) is 6.61 Å². The SMILES string of the molecule is Cc1ccc(-c2nc(S[C@H]3CCOC3=O)[nH]c2-c2ccc(C)cc2)cc1. The molecule has 0 radical (unpaired) electrons. The van der Waals surface area contributed by atoms with Crippen molar-refractivity contribution in [3.8, 4) is 22.5 Å². The van der Waals surface area contributed by atoms with Crippen molar-refractivity contribution in [2.24, 2.45) is 0 Å². The van der Waals surface area contributed by atoms with Gasteiger partial charge < -0.3 is 9.72 Å². The van der Waals surface area contributed by atoms with E-state index in [-0.39, 0.29) is 11.2 Å². The number of rotatable bonds is 4. The zero-order chi connectivity index (χ0) is 18.1. The number of aryl methyl sites for hydroxylation is 2. The van der Waals surface area contributed by atoms with Gasteiger partial charge in [-0.3, -0.25) is 4.79 Å². The van der Waals surface area contributed by atoms with Crippen molar-refractivity contribution in [1.29, 1.82) is 0 Å². The third kappa shape index (κ3) is 3.40. The van der Waals surface area contributed by atoms with Gasteiger partial charge in [0.15, 0.2) is 5.16 Å². The number of hydrogen-bond donors (Lipinski definition) is 1. The summed E-state index contributed by atoms with van der Waals surface area (Å²) >= 11 is 1.45. The minimum atomic E-state index is -0.183. The molecule has 4 rings (SSSR count). The zero-order valence-corrected chi connectivity index (χ0v) is 15.6. The Morgan fingerprint density at radius 1 is 1.00 bits per heavy atom. The van der Waals surface area contributed by atoms with Gasteiger partial charge in [0.1, 0.15) is 5.25 Å². The van der Waals surface area contributed by atoms with Gasteiger partial charge in [0.25, 0.3) is 0 Å². The van der Waals surface area contributed by atoms with Crippen molar-refractivity contribution in [3.05, 3.63) is 59.7 Å². The van der Waals surface area contributed by atoms with E-state index in [1.807, 2.05) is 0 Å². The number of cyclic esters (lactones) is 1. The highest BCUT2D eigenvalue weighted by Crippen LogP contribution is 2.35. The molecular formula is C21H20N2O2S. The Kier molecular flexibility index (Phi) is 4.55. The van der Waals surface area contributed by atoms with E-state index >= 15 is 0 Å². The van der Waals surface area contributed by atoms with E-state index in [4.69, 9.17) is 9.72 Å². The van der Waals surface area contributed by atoms with Crippen LogP contribution in [0.15, 0.2) is 53.7 Å². The Morgan fingerprint density at radius 2 is 1.62 bits per heavy atom. The summed E-state index contributed by atoms with van der Waals surface area (Å²) in [7, 11) is 0. The summed E-state index contributed by atoms with van der Waals surface area (Å²) in [6.07, 6.45) is 0.726. The normalized spacial score (nSPS) is 16.7. The zero-order valence-electron chi connectivity index (χ0n) is 14.8. The summed E-state index contributed by atoms with van der Waals surface area (Å²) in [6, 6.07) is 16.7. The highest BCUT2D eigenvalue weighted by Gasteiger charge is 2.29. The molecule has 0 spiro atoms. The molecule has 1 aromatic heterocycles. The summed E-state index contributed by atoms with van der Waals surface area (Å²) < 4.78 is 5.07. The maximum Gasteiger partial charge on any atom is 0.319 e. The van der Waals surface area contributed by atoms with Crippen LogP contribution in [0.2, 0.25) is 0 Å². The molecule has 132 valence electrons. The Hall–Kier alpha value is -2.53. The third-order valence-electron chi connectivity index (χ3n) is 4.49. The average molecular weight is 364 g/mol. The van der Waals surface area contributed by atoms with Gasteiger partial charge in [-0.15, -0.1) is 0 Å². The molecular weight excluding hydrogens is 344 g/mol. The number of carbonyl (C=O) groups is 1. The molecule has 1 aliphatic heterocycles. The molecule has 2 heterocycles. The summed E-state index contributed by atoms with van der Waals surface area (Å²) in [4.78, 5) is 20.0. The second-order valence-corrected chi connectivity index (χ2v) is 7.75. The van der Waals surface area contributed by atoms with E-state index in [1.165, 1.54) is 22.9 Å². The van der Waals surface area contributed by atoms with Crippen LogP contribution < -0.4 is 0 Å². The van der Waals surface area contributed by atoms with Crippen molar-refractivity contribution in [3.63, 3.8) is 0 Å². The van der Waals surface area contributed by atoms with Gasteiger partial charge in [-0.2, -0.15) is 0 Å². The van der Waals surface area contributed by atoms with Gasteiger partial charge in [0.2, 0.25) is 0 Å². The Bertz CT molecular complexity index is 867. The van der Waals surface area contributed by atoms with Crippen molar-refractivity contribution in [2.45, 2.75) is 30.7 Å². The number of nitrogens with zero attached hydrogens (tertiary/aromatic N) is 1. The van der Waals surface area contributed by atoms with Crippen LogP contribution in [0, 0.1) is 13.8 Å². The van der Waals surface area contributed by atoms with Crippen LogP contribution in [-0.2, 0) is 9.53 Å². The van der Waals surface area contributed by atoms with Gasteiger partial charge in [-0.25, -0.2) is 4.98 Å². The molecule has 1 saturated heterocycles. The molecule has 0 saturated carbocycles. The lowest BCUT2D eigenvalue weighted by Crippen LogP contribution is -2.09. The number of aromatic nitrogens is 2. The summed E-state index contributed by atoms with van der Waals surface area (Å²) in [5, 5.41) is 0.567. The number of hydrogen-bond acceptors (Lipinski definition) is 4. The Morgan fingerprint density at radius 3 is 2.19 bits per heavy atom. The fraction of sp³-hybridized carbons (Fsp3) is 0.238. The van der Waals surface area contributed by atoms with Crippen LogP contribution in [0.5, 0.6) is 0 Å². The fourth-order valence-corrected chi connectivity index (χ4v) is 3.93. The predicted octanol–water partition coefficient (Wildman–Crippen LogP) is 4.77. The molecule has 1 N–H and O–H groups in total. The van der Waals surface area contributed by atoms with Crippen LogP contribution in [-0.4, -0.2) is 27.8 Å². The quantitative estimate of drug-likeness (QED) is 0.678. The summed E-state index contributed by atoms with van der Waals surface area (Å²) in [6.45, 7) is 4.64. The number of carbonyl (C=O) groups excluding carboxylic acids is 1.